The summed E-state index contributed by atoms with van der Waals surface area (Å²) in [5.74, 6) is 4.35. The maximum atomic E-state index is 11.0. The largest absolute Gasteiger partial charge is 0.389 e. The molecule has 0 aliphatic heterocycles. The minimum absolute atomic E-state index is 0. The van der Waals surface area contributed by atoms with Gasteiger partial charge in [-0.15, -0.1) is 12.4 Å². The molecule has 7 rings (SSSR count). The number of benzene rings is 1. The smallest absolute Gasteiger partial charge is 0.113 e. The van der Waals surface area contributed by atoms with Crippen LogP contribution in [0.1, 0.15) is 82.4 Å². The third kappa shape index (κ3) is 4.16. The summed E-state index contributed by atoms with van der Waals surface area (Å²) in [5.41, 5.74) is 2.29. The van der Waals surface area contributed by atoms with Gasteiger partial charge in [0.2, 0.25) is 0 Å². The highest BCUT2D eigenvalue weighted by Crippen LogP contribution is 2.57. The Hall–Kier alpha value is -1.10. The summed E-state index contributed by atoms with van der Waals surface area (Å²) in [4.78, 5) is 5.02. The van der Waals surface area contributed by atoms with Crippen molar-refractivity contribution in [1.82, 2.24) is 9.55 Å². The van der Waals surface area contributed by atoms with Crippen molar-refractivity contribution in [3.8, 4) is 0 Å². The van der Waals surface area contributed by atoms with Gasteiger partial charge in [0.05, 0.1) is 35.9 Å². The van der Waals surface area contributed by atoms with Crippen LogP contribution in [0.5, 0.6) is 0 Å². The molecule has 0 spiro atoms. The monoisotopic (exact) mass is 444 g/mol. The Morgan fingerprint density at radius 1 is 1.00 bits per heavy atom. The first kappa shape index (κ1) is 21.7. The molecule has 1 aromatic carbocycles. The zero-order chi connectivity index (χ0) is 20.1. The predicted octanol–water partition coefficient (Wildman–Crippen LogP) is 5.85. The highest BCUT2D eigenvalue weighted by molar-refractivity contribution is 5.85. The number of halogens is 1. The van der Waals surface area contributed by atoms with Crippen LogP contribution in [0.3, 0.4) is 0 Å². The van der Waals surface area contributed by atoms with E-state index in [1.165, 1.54) is 76.5 Å². The van der Waals surface area contributed by atoms with Crippen molar-refractivity contribution in [2.45, 2.75) is 94.8 Å². The first-order valence-electron chi connectivity index (χ1n) is 12.4. The van der Waals surface area contributed by atoms with Crippen molar-refractivity contribution in [3.63, 3.8) is 0 Å². The third-order valence-corrected chi connectivity index (χ3v) is 8.61. The van der Waals surface area contributed by atoms with Crippen LogP contribution < -0.4 is 0 Å². The average Bonchev–Trinajstić information content (AvgIpc) is 3.11. The first-order chi connectivity index (χ1) is 14.7. The third-order valence-electron chi connectivity index (χ3n) is 8.61. The van der Waals surface area contributed by atoms with Gasteiger partial charge in [0, 0.05) is 5.92 Å². The minimum Gasteiger partial charge on any atom is -0.389 e. The molecule has 170 valence electrons. The number of aliphatic hydroxyl groups excluding tert-OH is 1. The van der Waals surface area contributed by atoms with Crippen molar-refractivity contribution < 1.29 is 9.84 Å². The van der Waals surface area contributed by atoms with E-state index in [0.29, 0.717) is 19.1 Å². The maximum Gasteiger partial charge on any atom is 0.113 e. The Bertz CT molecular complexity index is 869. The molecule has 0 radical (unpaired) electrons. The van der Waals surface area contributed by atoms with Gasteiger partial charge in [-0.25, -0.2) is 4.98 Å². The van der Waals surface area contributed by atoms with Gasteiger partial charge < -0.3 is 14.4 Å². The Labute approximate surface area is 192 Å². The predicted molar refractivity (Wildman–Crippen MR) is 126 cm³/mol. The maximum absolute atomic E-state index is 11.0. The van der Waals surface area contributed by atoms with Gasteiger partial charge >= 0.3 is 0 Å². The number of nitrogens with zero attached hydrogens (tertiary/aromatic N) is 2. The molecule has 0 amide bonds. The van der Waals surface area contributed by atoms with E-state index in [9.17, 15) is 5.11 Å². The second-order valence-corrected chi connectivity index (χ2v) is 11.0. The summed E-state index contributed by atoms with van der Waals surface area (Å²) in [6, 6.07) is 8.41. The summed E-state index contributed by atoms with van der Waals surface area (Å²) >= 11 is 0. The van der Waals surface area contributed by atoms with Crippen molar-refractivity contribution in [2.24, 2.45) is 17.8 Å². The number of aromatic nitrogens is 2. The lowest BCUT2D eigenvalue weighted by molar-refractivity contribution is -0.175. The molecular weight excluding hydrogens is 408 g/mol. The van der Waals surface area contributed by atoms with E-state index in [2.05, 4.69) is 28.8 Å². The van der Waals surface area contributed by atoms with Gasteiger partial charge in [-0.1, -0.05) is 31.4 Å². The van der Waals surface area contributed by atoms with Crippen molar-refractivity contribution in [1.29, 1.82) is 0 Å². The molecule has 1 heterocycles. The molecule has 5 aliphatic carbocycles. The SMILES string of the molecule is Cl.OC(COC12CC3CC(CC(C3)C1)C2)Cn1c(C2CCCCC2)nc2ccccc21. The molecule has 4 nitrogen and oxygen atoms in total. The summed E-state index contributed by atoms with van der Waals surface area (Å²) in [6.45, 7) is 1.06. The van der Waals surface area contributed by atoms with Crippen LogP contribution in [-0.4, -0.2) is 33.0 Å². The zero-order valence-corrected chi connectivity index (χ0v) is 19.4. The molecule has 0 saturated heterocycles. The first-order valence-corrected chi connectivity index (χ1v) is 12.4. The minimum atomic E-state index is -0.474. The van der Waals surface area contributed by atoms with Gasteiger partial charge in [0.15, 0.2) is 0 Å². The fraction of sp³-hybridized carbons (Fsp3) is 0.731. The molecule has 31 heavy (non-hydrogen) atoms. The number of rotatable bonds is 6. The highest BCUT2D eigenvalue weighted by atomic mass is 35.5. The summed E-state index contributed by atoms with van der Waals surface area (Å²) in [5, 5.41) is 11.0. The normalized spacial score (nSPS) is 33.5. The molecule has 5 aliphatic rings. The summed E-state index contributed by atoms with van der Waals surface area (Å²) in [7, 11) is 0. The number of hydrogen-bond donors (Lipinski definition) is 1. The van der Waals surface area contributed by atoms with Crippen molar-refractivity contribution in [2.75, 3.05) is 6.61 Å². The van der Waals surface area contributed by atoms with E-state index in [0.717, 1.165) is 28.8 Å². The van der Waals surface area contributed by atoms with E-state index in [4.69, 9.17) is 9.72 Å². The van der Waals surface area contributed by atoms with Gasteiger partial charge in [-0.05, 0) is 81.3 Å². The number of hydrogen-bond acceptors (Lipinski definition) is 3. The Morgan fingerprint density at radius 2 is 1.65 bits per heavy atom. The standard InChI is InChI=1S/C26H36N2O2.ClH/c29-22(17-30-26-13-18-10-19(14-26)12-20(11-18)15-26)16-28-24-9-5-4-8-23(24)27-25(28)21-6-2-1-3-7-21;/h4-5,8-9,18-22,29H,1-3,6-7,10-17H2;1H. The lowest BCUT2D eigenvalue weighted by Crippen LogP contribution is -2.52. The Morgan fingerprint density at radius 3 is 2.32 bits per heavy atom. The van der Waals surface area contributed by atoms with E-state index in [-0.39, 0.29) is 18.0 Å². The van der Waals surface area contributed by atoms with Gasteiger partial charge in [0.1, 0.15) is 5.82 Å². The Balaban J connectivity index is 0.00000204. The quantitative estimate of drug-likeness (QED) is 0.607. The van der Waals surface area contributed by atoms with Gasteiger partial charge in [-0.3, -0.25) is 0 Å². The topological polar surface area (TPSA) is 47.3 Å². The number of imidazole rings is 1. The second-order valence-electron chi connectivity index (χ2n) is 11.0. The summed E-state index contributed by atoms with van der Waals surface area (Å²) < 4.78 is 8.87. The number of fused-ring (bicyclic) bond motifs is 1. The molecule has 5 heteroatoms. The van der Waals surface area contributed by atoms with Gasteiger partial charge in [0.25, 0.3) is 0 Å². The number of aliphatic hydroxyl groups is 1. The lowest BCUT2D eigenvalue weighted by Gasteiger charge is -2.56. The lowest BCUT2D eigenvalue weighted by atomic mass is 9.54. The van der Waals surface area contributed by atoms with E-state index >= 15 is 0 Å². The average molecular weight is 445 g/mol. The van der Waals surface area contributed by atoms with Crippen LogP contribution >= 0.6 is 12.4 Å². The number of para-hydroxylation sites is 2. The van der Waals surface area contributed by atoms with Crippen LogP contribution in [0.15, 0.2) is 24.3 Å². The van der Waals surface area contributed by atoms with Crippen LogP contribution in [0.2, 0.25) is 0 Å². The fourth-order valence-corrected chi connectivity index (χ4v) is 7.70. The molecule has 1 atom stereocenters. The van der Waals surface area contributed by atoms with E-state index in [1.807, 2.05) is 0 Å². The summed E-state index contributed by atoms with van der Waals surface area (Å²) in [6.07, 6.45) is 13.9. The molecule has 5 saturated carbocycles. The molecule has 2 aromatic rings. The molecule has 4 bridgehead atoms. The molecule has 1 aromatic heterocycles. The highest BCUT2D eigenvalue weighted by Gasteiger charge is 2.51. The Kier molecular flexibility index (Phi) is 6.09. The van der Waals surface area contributed by atoms with Crippen molar-refractivity contribution >= 4 is 23.4 Å². The van der Waals surface area contributed by atoms with Crippen LogP contribution in [0, 0.1) is 17.8 Å². The zero-order valence-electron chi connectivity index (χ0n) is 18.5. The van der Waals surface area contributed by atoms with E-state index in [1.54, 1.807) is 0 Å². The molecular formula is C26H37ClN2O2. The molecule has 1 unspecified atom stereocenters. The number of ether oxygens (including phenoxy) is 1. The molecule has 5 fully saturated rings. The van der Waals surface area contributed by atoms with Gasteiger partial charge in [-0.2, -0.15) is 0 Å². The van der Waals surface area contributed by atoms with E-state index < -0.39 is 6.10 Å². The van der Waals surface area contributed by atoms with Crippen LogP contribution in [0.25, 0.3) is 11.0 Å². The van der Waals surface area contributed by atoms with Crippen LogP contribution in [0.4, 0.5) is 0 Å². The van der Waals surface area contributed by atoms with Crippen LogP contribution in [-0.2, 0) is 11.3 Å². The molecule has 1 N–H and O–H groups in total. The second kappa shape index (κ2) is 8.68. The van der Waals surface area contributed by atoms with Crippen molar-refractivity contribution in [3.05, 3.63) is 30.1 Å². The fourth-order valence-electron chi connectivity index (χ4n) is 7.70.